The molecule has 0 amide bonds. The molecule has 0 bridgehead atoms. The minimum Gasteiger partial charge on any atom is -0.466 e. The molecule has 0 aromatic rings. The second-order valence-corrected chi connectivity index (χ2v) is 4.82. The van der Waals surface area contributed by atoms with Gasteiger partial charge in [0.05, 0.1) is 12.2 Å². The maximum Gasteiger partial charge on any atom is 0.306 e. The van der Waals surface area contributed by atoms with Crippen molar-refractivity contribution < 1.29 is 14.6 Å². The third-order valence-corrected chi connectivity index (χ3v) is 2.31. The molecule has 0 aliphatic carbocycles. The minimum absolute atomic E-state index is 0.117. The summed E-state index contributed by atoms with van der Waals surface area (Å²) in [4.78, 5) is 11.1. The van der Waals surface area contributed by atoms with Gasteiger partial charge in [0.15, 0.2) is 0 Å². The molecule has 0 saturated carbocycles. The number of rotatable bonds is 7. The van der Waals surface area contributed by atoms with E-state index in [-0.39, 0.29) is 5.97 Å². The fourth-order valence-electron chi connectivity index (χ4n) is 1.49. The zero-order valence-electron chi connectivity index (χ0n) is 10.4. The molecule has 3 nitrogen and oxygen atoms in total. The van der Waals surface area contributed by atoms with Crippen molar-refractivity contribution >= 4 is 5.97 Å². The molecule has 0 heterocycles. The molecule has 1 N–H and O–H groups in total. The molecule has 0 aromatic heterocycles. The first-order valence-corrected chi connectivity index (χ1v) is 5.73. The highest BCUT2D eigenvalue weighted by molar-refractivity contribution is 5.69. The van der Waals surface area contributed by atoms with Crippen LogP contribution >= 0.6 is 0 Å². The van der Waals surface area contributed by atoms with E-state index >= 15 is 0 Å². The fraction of sp³-hybridized carbons (Fsp3) is 0.917. The Hall–Kier alpha value is -0.570. The van der Waals surface area contributed by atoms with Gasteiger partial charge in [0.25, 0.3) is 0 Å². The van der Waals surface area contributed by atoms with Crippen LogP contribution in [0.4, 0.5) is 0 Å². The van der Waals surface area contributed by atoms with Crippen LogP contribution < -0.4 is 0 Å². The van der Waals surface area contributed by atoms with Crippen LogP contribution in [0, 0.1) is 5.92 Å². The summed E-state index contributed by atoms with van der Waals surface area (Å²) >= 11 is 0. The van der Waals surface area contributed by atoms with Gasteiger partial charge in [-0.2, -0.15) is 0 Å². The van der Waals surface area contributed by atoms with Crippen LogP contribution in [0.15, 0.2) is 0 Å². The molecule has 0 unspecified atom stereocenters. The minimum atomic E-state index is -0.594. The van der Waals surface area contributed by atoms with Crippen LogP contribution in [0.5, 0.6) is 0 Å². The molecule has 90 valence electrons. The van der Waals surface area contributed by atoms with E-state index in [1.165, 1.54) is 0 Å². The molecule has 0 spiro atoms. The normalized spacial score (nSPS) is 13.7. The lowest BCUT2D eigenvalue weighted by Crippen LogP contribution is -2.18. The molecule has 0 fully saturated rings. The first-order valence-electron chi connectivity index (χ1n) is 5.73. The third kappa shape index (κ3) is 9.73. The van der Waals surface area contributed by atoms with E-state index in [9.17, 15) is 9.90 Å². The first kappa shape index (κ1) is 14.4. The highest BCUT2D eigenvalue weighted by Gasteiger charge is 2.14. The van der Waals surface area contributed by atoms with Crippen LogP contribution in [0.2, 0.25) is 0 Å². The van der Waals surface area contributed by atoms with Crippen molar-refractivity contribution in [1.82, 2.24) is 0 Å². The number of esters is 1. The maximum absolute atomic E-state index is 11.1. The Labute approximate surface area is 92.8 Å². The average molecular weight is 216 g/mol. The maximum atomic E-state index is 11.1. The van der Waals surface area contributed by atoms with E-state index in [0.717, 1.165) is 19.3 Å². The lowest BCUT2D eigenvalue weighted by Gasteiger charge is -2.18. The quantitative estimate of drug-likeness (QED) is 0.665. The summed E-state index contributed by atoms with van der Waals surface area (Å²) in [6.07, 6.45) is 3.17. The Morgan fingerprint density at radius 3 is 2.53 bits per heavy atom. The van der Waals surface area contributed by atoms with Gasteiger partial charge in [-0.25, -0.2) is 0 Å². The van der Waals surface area contributed by atoms with E-state index in [0.29, 0.717) is 18.9 Å². The first-order chi connectivity index (χ1) is 6.85. The van der Waals surface area contributed by atoms with Gasteiger partial charge in [-0.1, -0.05) is 19.8 Å². The number of hydrogen-bond donors (Lipinski definition) is 1. The van der Waals surface area contributed by atoms with Crippen LogP contribution in [0.1, 0.15) is 53.4 Å². The number of hydrogen-bond acceptors (Lipinski definition) is 3. The monoisotopic (exact) mass is 216 g/mol. The molecular weight excluding hydrogens is 192 g/mol. The van der Waals surface area contributed by atoms with E-state index < -0.39 is 5.60 Å². The highest BCUT2D eigenvalue weighted by Crippen LogP contribution is 2.17. The lowest BCUT2D eigenvalue weighted by molar-refractivity contribution is -0.144. The zero-order chi connectivity index (χ0) is 11.9. The lowest BCUT2D eigenvalue weighted by atomic mass is 9.95. The van der Waals surface area contributed by atoms with E-state index in [1.54, 1.807) is 0 Å². The summed E-state index contributed by atoms with van der Waals surface area (Å²) in [6.45, 7) is 7.93. The van der Waals surface area contributed by atoms with Crippen molar-refractivity contribution in [1.29, 1.82) is 0 Å². The van der Waals surface area contributed by atoms with Crippen LogP contribution in [-0.4, -0.2) is 23.3 Å². The van der Waals surface area contributed by atoms with Crippen molar-refractivity contribution in [2.24, 2.45) is 5.92 Å². The molecule has 15 heavy (non-hydrogen) atoms. The van der Waals surface area contributed by atoms with Crippen molar-refractivity contribution in [2.75, 3.05) is 6.61 Å². The predicted molar refractivity (Wildman–Crippen MR) is 60.6 cm³/mol. The molecule has 0 aliphatic heterocycles. The van der Waals surface area contributed by atoms with Gasteiger partial charge in [0, 0.05) is 6.42 Å². The Bertz CT molecular complexity index is 182. The van der Waals surface area contributed by atoms with Gasteiger partial charge in [0.2, 0.25) is 0 Å². The van der Waals surface area contributed by atoms with Crippen LogP contribution in [0.25, 0.3) is 0 Å². The highest BCUT2D eigenvalue weighted by atomic mass is 16.5. The SMILES string of the molecule is CCOC(=O)C[C@H](C)CCCC(C)(C)O. The summed E-state index contributed by atoms with van der Waals surface area (Å²) in [5.41, 5.74) is -0.594. The van der Waals surface area contributed by atoms with Crippen molar-refractivity contribution in [3.05, 3.63) is 0 Å². The molecule has 0 aliphatic rings. The molecule has 3 heteroatoms. The Morgan fingerprint density at radius 2 is 2.07 bits per heavy atom. The van der Waals surface area contributed by atoms with Gasteiger partial charge in [-0.05, 0) is 33.1 Å². The summed E-state index contributed by atoms with van der Waals surface area (Å²) in [6, 6.07) is 0. The Balaban J connectivity index is 3.57. The summed E-state index contributed by atoms with van der Waals surface area (Å²) in [5, 5.41) is 9.51. The fourth-order valence-corrected chi connectivity index (χ4v) is 1.49. The zero-order valence-corrected chi connectivity index (χ0v) is 10.4. The van der Waals surface area contributed by atoms with Crippen LogP contribution in [-0.2, 0) is 9.53 Å². The summed E-state index contributed by atoms with van der Waals surface area (Å²) in [7, 11) is 0. The number of ether oxygens (including phenoxy) is 1. The molecule has 0 saturated heterocycles. The van der Waals surface area contributed by atoms with Gasteiger partial charge >= 0.3 is 5.97 Å². The third-order valence-electron chi connectivity index (χ3n) is 2.31. The van der Waals surface area contributed by atoms with Gasteiger partial charge in [-0.3, -0.25) is 4.79 Å². The topological polar surface area (TPSA) is 46.5 Å². The average Bonchev–Trinajstić information content (AvgIpc) is 2.01. The van der Waals surface area contributed by atoms with E-state index in [1.807, 2.05) is 27.7 Å². The van der Waals surface area contributed by atoms with E-state index in [2.05, 4.69) is 0 Å². The molecule has 0 radical (unpaired) electrons. The second kappa shape index (κ2) is 6.83. The van der Waals surface area contributed by atoms with Gasteiger partial charge in [0.1, 0.15) is 0 Å². The molecule has 0 aromatic carbocycles. The number of carbonyl (C=O) groups excluding carboxylic acids is 1. The molecule has 0 rings (SSSR count). The molecular formula is C12H24O3. The molecule has 1 atom stereocenters. The number of carbonyl (C=O) groups is 1. The Kier molecular flexibility index (Phi) is 6.57. The Morgan fingerprint density at radius 1 is 1.47 bits per heavy atom. The summed E-state index contributed by atoms with van der Waals surface area (Å²) < 4.78 is 4.87. The summed E-state index contributed by atoms with van der Waals surface area (Å²) in [5.74, 6) is 0.222. The van der Waals surface area contributed by atoms with Crippen molar-refractivity contribution in [2.45, 2.75) is 59.0 Å². The standard InChI is InChI=1S/C12H24O3/c1-5-15-11(13)9-10(2)7-6-8-12(3,4)14/h10,14H,5-9H2,1-4H3/t10-/m1/s1. The van der Waals surface area contributed by atoms with Gasteiger partial charge < -0.3 is 9.84 Å². The predicted octanol–water partition coefficient (Wildman–Crippen LogP) is 2.52. The second-order valence-electron chi connectivity index (χ2n) is 4.82. The smallest absolute Gasteiger partial charge is 0.306 e. The number of aliphatic hydroxyl groups is 1. The largest absolute Gasteiger partial charge is 0.466 e. The van der Waals surface area contributed by atoms with Crippen molar-refractivity contribution in [3.63, 3.8) is 0 Å². The van der Waals surface area contributed by atoms with Gasteiger partial charge in [-0.15, -0.1) is 0 Å². The van der Waals surface area contributed by atoms with E-state index in [4.69, 9.17) is 4.74 Å². The van der Waals surface area contributed by atoms with Crippen molar-refractivity contribution in [3.8, 4) is 0 Å². The van der Waals surface area contributed by atoms with Crippen LogP contribution in [0.3, 0.4) is 0 Å².